The predicted octanol–water partition coefficient (Wildman–Crippen LogP) is 2.86. The van der Waals surface area contributed by atoms with Crippen LogP contribution in [0.5, 0.6) is 0 Å². The number of hydrogen-bond acceptors (Lipinski definition) is 2. The Kier molecular flexibility index (Phi) is 3.95. The van der Waals surface area contributed by atoms with Gasteiger partial charge in [-0.1, -0.05) is 28.1 Å². The maximum Gasteiger partial charge on any atom is 0.268 e. The highest BCUT2D eigenvalue weighted by Crippen LogP contribution is 2.17. The van der Waals surface area contributed by atoms with E-state index in [1.807, 2.05) is 31.2 Å². The van der Waals surface area contributed by atoms with Gasteiger partial charge in [-0.15, -0.1) is 0 Å². The molecule has 0 saturated carbocycles. The summed E-state index contributed by atoms with van der Waals surface area (Å²) in [6.45, 7) is 1.95. The molecule has 0 spiro atoms. The first kappa shape index (κ1) is 13.7. The van der Waals surface area contributed by atoms with Crippen LogP contribution < -0.4 is 11.1 Å². The Labute approximate surface area is 120 Å². The molecule has 0 fully saturated rings. The van der Waals surface area contributed by atoms with E-state index in [9.17, 15) is 4.79 Å². The van der Waals surface area contributed by atoms with Crippen LogP contribution in [0.15, 0.2) is 41.0 Å². The number of rotatable bonds is 3. The van der Waals surface area contributed by atoms with Gasteiger partial charge in [-0.05, 0) is 30.7 Å². The SMILES string of the molecule is C[C@H](NC(=O)c1cc(N)cn1C)c1ccc(Br)cc1. The van der Waals surface area contributed by atoms with Gasteiger partial charge in [0.15, 0.2) is 0 Å². The third kappa shape index (κ3) is 3.17. The number of nitrogens with one attached hydrogen (secondary N) is 1. The molecule has 0 saturated heterocycles. The number of benzene rings is 1. The molecule has 1 amide bonds. The molecule has 4 nitrogen and oxygen atoms in total. The van der Waals surface area contributed by atoms with Crippen molar-refractivity contribution >= 4 is 27.5 Å². The lowest BCUT2D eigenvalue weighted by Crippen LogP contribution is -2.28. The molecule has 100 valence electrons. The average Bonchev–Trinajstić information content (AvgIpc) is 2.69. The second-order valence-corrected chi connectivity index (χ2v) is 5.43. The van der Waals surface area contributed by atoms with Crippen LogP contribution in [0.1, 0.15) is 29.0 Å². The summed E-state index contributed by atoms with van der Waals surface area (Å²) in [5, 5.41) is 2.96. The van der Waals surface area contributed by atoms with Gasteiger partial charge < -0.3 is 15.6 Å². The van der Waals surface area contributed by atoms with E-state index in [1.165, 1.54) is 0 Å². The number of aromatic nitrogens is 1. The molecule has 5 heteroatoms. The molecule has 0 aliphatic rings. The van der Waals surface area contributed by atoms with E-state index in [2.05, 4.69) is 21.2 Å². The number of carbonyl (C=O) groups excluding carboxylic acids is 1. The van der Waals surface area contributed by atoms with Crippen molar-refractivity contribution in [2.45, 2.75) is 13.0 Å². The summed E-state index contributed by atoms with van der Waals surface area (Å²) in [6, 6.07) is 9.49. The number of nitrogens with two attached hydrogens (primary N) is 1. The molecule has 0 aliphatic carbocycles. The molecule has 1 heterocycles. The van der Waals surface area contributed by atoms with Crippen LogP contribution >= 0.6 is 15.9 Å². The van der Waals surface area contributed by atoms with Gasteiger partial charge >= 0.3 is 0 Å². The fourth-order valence-electron chi connectivity index (χ4n) is 1.92. The Morgan fingerprint density at radius 2 is 2.00 bits per heavy atom. The zero-order valence-electron chi connectivity index (χ0n) is 10.9. The number of aryl methyl sites for hydroxylation is 1. The van der Waals surface area contributed by atoms with E-state index >= 15 is 0 Å². The fourth-order valence-corrected chi connectivity index (χ4v) is 2.19. The zero-order chi connectivity index (χ0) is 14.0. The van der Waals surface area contributed by atoms with E-state index in [0.717, 1.165) is 10.0 Å². The van der Waals surface area contributed by atoms with E-state index in [4.69, 9.17) is 5.73 Å². The Balaban J connectivity index is 2.10. The third-order valence-electron chi connectivity index (χ3n) is 2.98. The maximum atomic E-state index is 12.1. The summed E-state index contributed by atoms with van der Waals surface area (Å²) >= 11 is 3.39. The quantitative estimate of drug-likeness (QED) is 0.913. The summed E-state index contributed by atoms with van der Waals surface area (Å²) in [4.78, 5) is 12.1. The Morgan fingerprint density at radius 3 is 2.53 bits per heavy atom. The van der Waals surface area contributed by atoms with Gasteiger partial charge in [0, 0.05) is 17.7 Å². The van der Waals surface area contributed by atoms with Crippen LogP contribution in [0.2, 0.25) is 0 Å². The van der Waals surface area contributed by atoms with Crippen LogP contribution in [0, 0.1) is 0 Å². The molecule has 0 unspecified atom stereocenters. The highest BCUT2D eigenvalue weighted by Gasteiger charge is 2.14. The van der Waals surface area contributed by atoms with Crippen molar-refractivity contribution < 1.29 is 4.79 Å². The highest BCUT2D eigenvalue weighted by molar-refractivity contribution is 9.10. The number of nitrogens with zero attached hydrogens (tertiary/aromatic N) is 1. The number of nitrogen functional groups attached to an aromatic ring is 1. The topological polar surface area (TPSA) is 60.1 Å². The second kappa shape index (κ2) is 5.48. The van der Waals surface area contributed by atoms with Crippen molar-refractivity contribution in [3.63, 3.8) is 0 Å². The number of anilines is 1. The van der Waals surface area contributed by atoms with Crippen molar-refractivity contribution in [2.75, 3.05) is 5.73 Å². The third-order valence-corrected chi connectivity index (χ3v) is 3.51. The van der Waals surface area contributed by atoms with Crippen LogP contribution in [0.25, 0.3) is 0 Å². The largest absolute Gasteiger partial charge is 0.397 e. The molecular formula is C14H16BrN3O. The molecule has 1 aromatic carbocycles. The van der Waals surface area contributed by atoms with Crippen molar-refractivity contribution in [2.24, 2.45) is 7.05 Å². The van der Waals surface area contributed by atoms with Gasteiger partial charge in [-0.25, -0.2) is 0 Å². The van der Waals surface area contributed by atoms with Crippen molar-refractivity contribution in [3.8, 4) is 0 Å². The molecule has 0 radical (unpaired) electrons. The van der Waals surface area contributed by atoms with E-state index < -0.39 is 0 Å². The molecule has 1 aromatic heterocycles. The molecule has 0 bridgehead atoms. The minimum atomic E-state index is -0.130. The maximum absolute atomic E-state index is 12.1. The monoisotopic (exact) mass is 321 g/mol. The molecule has 2 aromatic rings. The number of amides is 1. The van der Waals surface area contributed by atoms with Gasteiger partial charge in [0.1, 0.15) is 5.69 Å². The average molecular weight is 322 g/mol. The summed E-state index contributed by atoms with van der Waals surface area (Å²) in [6.07, 6.45) is 1.72. The van der Waals surface area contributed by atoms with Gasteiger partial charge in [0.2, 0.25) is 0 Å². The zero-order valence-corrected chi connectivity index (χ0v) is 12.4. The van der Waals surface area contributed by atoms with E-state index in [0.29, 0.717) is 11.4 Å². The molecule has 3 N–H and O–H groups in total. The number of hydrogen-bond donors (Lipinski definition) is 2. The lowest BCUT2D eigenvalue weighted by Gasteiger charge is -2.14. The van der Waals surface area contributed by atoms with Crippen molar-refractivity contribution in [1.29, 1.82) is 0 Å². The van der Waals surface area contributed by atoms with Crippen LogP contribution in [-0.2, 0) is 7.05 Å². The molecule has 19 heavy (non-hydrogen) atoms. The number of halogens is 1. The summed E-state index contributed by atoms with van der Waals surface area (Å²) < 4.78 is 2.74. The lowest BCUT2D eigenvalue weighted by molar-refractivity contribution is 0.0931. The Bertz CT molecular complexity index is 589. The van der Waals surface area contributed by atoms with Crippen LogP contribution in [0.4, 0.5) is 5.69 Å². The summed E-state index contributed by atoms with van der Waals surface area (Å²) in [7, 11) is 1.80. The van der Waals surface area contributed by atoms with Crippen molar-refractivity contribution in [3.05, 3.63) is 52.3 Å². The van der Waals surface area contributed by atoms with Gasteiger partial charge in [0.25, 0.3) is 5.91 Å². The molecule has 2 rings (SSSR count). The molecule has 1 atom stereocenters. The normalized spacial score (nSPS) is 12.2. The number of carbonyl (C=O) groups is 1. The minimum Gasteiger partial charge on any atom is -0.397 e. The molecule has 0 aliphatic heterocycles. The molecular weight excluding hydrogens is 306 g/mol. The standard InChI is InChI=1S/C14H16BrN3O/c1-9(10-3-5-11(15)6-4-10)17-14(19)13-7-12(16)8-18(13)2/h3-9H,16H2,1-2H3,(H,17,19)/t9-/m0/s1. The Morgan fingerprint density at radius 1 is 1.37 bits per heavy atom. The Hall–Kier alpha value is -1.75. The van der Waals surface area contributed by atoms with Gasteiger partial charge in [-0.2, -0.15) is 0 Å². The minimum absolute atomic E-state index is 0.0586. The predicted molar refractivity (Wildman–Crippen MR) is 79.8 cm³/mol. The highest BCUT2D eigenvalue weighted by atomic mass is 79.9. The smallest absolute Gasteiger partial charge is 0.268 e. The first-order valence-electron chi connectivity index (χ1n) is 5.95. The second-order valence-electron chi connectivity index (χ2n) is 4.52. The van der Waals surface area contributed by atoms with Crippen molar-refractivity contribution in [1.82, 2.24) is 9.88 Å². The summed E-state index contributed by atoms with van der Waals surface area (Å²) in [5.41, 5.74) is 7.87. The van der Waals surface area contributed by atoms with Gasteiger partial charge in [-0.3, -0.25) is 4.79 Å². The fraction of sp³-hybridized carbons (Fsp3) is 0.214. The first-order valence-corrected chi connectivity index (χ1v) is 6.75. The van der Waals surface area contributed by atoms with Crippen LogP contribution in [0.3, 0.4) is 0 Å². The van der Waals surface area contributed by atoms with E-state index in [-0.39, 0.29) is 11.9 Å². The van der Waals surface area contributed by atoms with Gasteiger partial charge in [0.05, 0.1) is 11.7 Å². The van der Waals surface area contributed by atoms with Crippen LogP contribution in [-0.4, -0.2) is 10.5 Å². The lowest BCUT2D eigenvalue weighted by atomic mass is 10.1. The van der Waals surface area contributed by atoms with E-state index in [1.54, 1.807) is 23.9 Å². The first-order chi connectivity index (χ1) is 8.97. The summed E-state index contributed by atoms with van der Waals surface area (Å²) in [5.74, 6) is -0.130.